The first-order chi connectivity index (χ1) is 13.0. The van der Waals surface area contributed by atoms with Gasteiger partial charge in [-0.2, -0.15) is 0 Å². The average Bonchev–Trinajstić information content (AvgIpc) is 2.97. The first-order valence-corrected chi connectivity index (χ1v) is 9.36. The third-order valence-electron chi connectivity index (χ3n) is 5.52. The average molecular weight is 374 g/mol. The molecule has 3 atom stereocenters. The van der Waals surface area contributed by atoms with Crippen LogP contribution in [0.4, 0.5) is 4.39 Å². The lowest BCUT2D eigenvalue weighted by atomic mass is 10.0. The predicted molar refractivity (Wildman–Crippen MR) is 95.5 cm³/mol. The molecule has 0 saturated carbocycles. The number of alkyl halides is 1. The number of nitrogens with one attached hydrogen (secondary N) is 3. The van der Waals surface area contributed by atoms with Crippen molar-refractivity contribution in [2.45, 2.75) is 50.6 Å². The Balaban J connectivity index is 1.48. The van der Waals surface area contributed by atoms with Crippen LogP contribution in [0, 0.1) is 0 Å². The van der Waals surface area contributed by atoms with Crippen molar-refractivity contribution < 1.29 is 18.8 Å². The number of carbonyl (C=O) groups is 3. The molecule has 3 aliphatic heterocycles. The van der Waals surface area contributed by atoms with Crippen molar-refractivity contribution in [3.8, 4) is 0 Å². The lowest BCUT2D eigenvalue weighted by Crippen LogP contribution is -2.52. The quantitative estimate of drug-likeness (QED) is 0.657. The normalized spacial score (nSPS) is 28.3. The number of hydrogen-bond acceptors (Lipinski definition) is 5. The van der Waals surface area contributed by atoms with Crippen LogP contribution < -0.4 is 16.0 Å². The topological polar surface area (TPSA) is 90.5 Å². The second kappa shape index (κ2) is 7.36. The van der Waals surface area contributed by atoms with Crippen molar-refractivity contribution in [2.24, 2.45) is 0 Å². The molecule has 0 spiro atoms. The number of nitrogens with zero attached hydrogens (tertiary/aromatic N) is 1. The molecular formula is C19H23FN4O3. The molecule has 3 amide bonds. The second-order valence-electron chi connectivity index (χ2n) is 7.42. The van der Waals surface area contributed by atoms with Crippen LogP contribution in [-0.4, -0.2) is 54.0 Å². The van der Waals surface area contributed by atoms with Crippen molar-refractivity contribution in [1.82, 2.24) is 20.9 Å². The molecule has 4 rings (SSSR count). The summed E-state index contributed by atoms with van der Waals surface area (Å²) in [4.78, 5) is 38.1. The van der Waals surface area contributed by atoms with E-state index in [0.717, 1.165) is 11.1 Å². The predicted octanol–water partition coefficient (Wildman–Crippen LogP) is 0.237. The van der Waals surface area contributed by atoms with Crippen molar-refractivity contribution in [3.05, 3.63) is 34.9 Å². The Hall–Kier alpha value is -2.32. The number of halogens is 1. The highest BCUT2D eigenvalue weighted by molar-refractivity contribution is 6.05. The molecule has 0 aliphatic carbocycles. The highest BCUT2D eigenvalue weighted by Gasteiger charge is 2.39. The molecular weight excluding hydrogens is 351 g/mol. The fourth-order valence-corrected chi connectivity index (χ4v) is 4.14. The number of hydrogen-bond donors (Lipinski definition) is 3. The zero-order valence-electron chi connectivity index (χ0n) is 15.0. The van der Waals surface area contributed by atoms with Crippen LogP contribution in [0.15, 0.2) is 18.2 Å². The summed E-state index contributed by atoms with van der Waals surface area (Å²) >= 11 is 0. The standard InChI is InChI=1S/C19H23FN4O3/c20-13-6-14(9-21-8-13)22-7-11-2-1-3-12-10-24(19(27)17(11)12)15-4-5-16(25)23-18(15)26/h1-3,13-15,21-22H,4-10H2,(H,23,25,26)/t13-,14-,15?/m0/s1. The van der Waals surface area contributed by atoms with Crippen molar-refractivity contribution >= 4 is 17.7 Å². The first kappa shape index (κ1) is 18.1. The van der Waals surface area contributed by atoms with Crippen LogP contribution in [-0.2, 0) is 22.7 Å². The SMILES string of the molecule is O=C1CCC(N2Cc3cccc(CN[C@@H]4CNC[C@@H](F)C4)c3C2=O)C(=O)N1. The lowest BCUT2D eigenvalue weighted by Gasteiger charge is -2.29. The van der Waals surface area contributed by atoms with Crippen molar-refractivity contribution in [1.29, 1.82) is 0 Å². The molecule has 7 nitrogen and oxygen atoms in total. The number of imide groups is 1. The van der Waals surface area contributed by atoms with Crippen LogP contribution >= 0.6 is 0 Å². The minimum Gasteiger partial charge on any atom is -0.322 e. The number of benzene rings is 1. The minimum absolute atomic E-state index is 0.0207. The lowest BCUT2D eigenvalue weighted by molar-refractivity contribution is -0.136. The number of amides is 3. The van der Waals surface area contributed by atoms with E-state index in [0.29, 0.717) is 44.6 Å². The van der Waals surface area contributed by atoms with Crippen molar-refractivity contribution in [3.63, 3.8) is 0 Å². The molecule has 2 saturated heterocycles. The van der Waals surface area contributed by atoms with E-state index in [1.165, 1.54) is 0 Å². The summed E-state index contributed by atoms with van der Waals surface area (Å²) < 4.78 is 13.5. The van der Waals surface area contributed by atoms with Gasteiger partial charge in [0.05, 0.1) is 0 Å². The maximum Gasteiger partial charge on any atom is 0.255 e. The first-order valence-electron chi connectivity index (χ1n) is 9.36. The van der Waals surface area contributed by atoms with Gasteiger partial charge in [0.2, 0.25) is 11.8 Å². The fourth-order valence-electron chi connectivity index (χ4n) is 4.14. The molecule has 144 valence electrons. The summed E-state index contributed by atoms with van der Waals surface area (Å²) in [5.74, 6) is -0.881. The van der Waals surface area contributed by atoms with Crippen LogP contribution in [0.5, 0.6) is 0 Å². The third kappa shape index (κ3) is 3.59. The summed E-state index contributed by atoms with van der Waals surface area (Å²) in [6.07, 6.45) is 0.189. The number of rotatable bonds is 4. The van der Waals surface area contributed by atoms with E-state index < -0.39 is 18.1 Å². The third-order valence-corrected chi connectivity index (χ3v) is 5.52. The van der Waals surface area contributed by atoms with E-state index >= 15 is 0 Å². The van der Waals surface area contributed by atoms with Gasteiger partial charge in [0.1, 0.15) is 12.2 Å². The smallest absolute Gasteiger partial charge is 0.255 e. The Morgan fingerprint density at radius 3 is 2.85 bits per heavy atom. The monoisotopic (exact) mass is 374 g/mol. The van der Waals surface area contributed by atoms with Gasteiger partial charge < -0.3 is 15.5 Å². The van der Waals surface area contributed by atoms with Crippen LogP contribution in [0.1, 0.15) is 40.7 Å². The Morgan fingerprint density at radius 2 is 2.07 bits per heavy atom. The summed E-state index contributed by atoms with van der Waals surface area (Å²) in [6, 6.07) is 5.09. The van der Waals surface area contributed by atoms with Crippen LogP contribution in [0.2, 0.25) is 0 Å². The summed E-state index contributed by atoms with van der Waals surface area (Å²) in [5, 5.41) is 8.70. The molecule has 3 N–H and O–H groups in total. The van der Waals surface area contributed by atoms with Gasteiger partial charge in [-0.15, -0.1) is 0 Å². The molecule has 0 radical (unpaired) electrons. The highest BCUT2D eigenvalue weighted by Crippen LogP contribution is 2.29. The molecule has 0 bridgehead atoms. The zero-order valence-corrected chi connectivity index (χ0v) is 15.0. The van der Waals surface area contributed by atoms with E-state index in [1.807, 2.05) is 18.2 Å². The van der Waals surface area contributed by atoms with Gasteiger partial charge >= 0.3 is 0 Å². The Labute approximate surface area is 156 Å². The molecule has 2 fully saturated rings. The molecule has 8 heteroatoms. The summed E-state index contributed by atoms with van der Waals surface area (Å²) in [6.45, 7) is 1.92. The van der Waals surface area contributed by atoms with Crippen LogP contribution in [0.25, 0.3) is 0 Å². The molecule has 1 aromatic carbocycles. The maximum atomic E-state index is 13.5. The highest BCUT2D eigenvalue weighted by atomic mass is 19.1. The van der Waals surface area contributed by atoms with E-state index in [1.54, 1.807) is 4.90 Å². The van der Waals surface area contributed by atoms with Gasteiger partial charge in [0.25, 0.3) is 5.91 Å². The summed E-state index contributed by atoms with van der Waals surface area (Å²) in [5.41, 5.74) is 2.36. The number of carbonyl (C=O) groups excluding carboxylic acids is 3. The van der Waals surface area contributed by atoms with Gasteiger partial charge in [-0.3, -0.25) is 19.7 Å². The molecule has 3 heterocycles. The van der Waals surface area contributed by atoms with Gasteiger partial charge in [0.15, 0.2) is 0 Å². The Bertz CT molecular complexity index is 784. The number of piperidine rings is 2. The Morgan fingerprint density at radius 1 is 1.22 bits per heavy atom. The van der Waals surface area contributed by atoms with Gasteiger partial charge in [-0.1, -0.05) is 18.2 Å². The summed E-state index contributed by atoms with van der Waals surface area (Å²) in [7, 11) is 0. The van der Waals surface area contributed by atoms with E-state index in [-0.39, 0.29) is 24.3 Å². The minimum atomic E-state index is -0.859. The zero-order chi connectivity index (χ0) is 19.0. The van der Waals surface area contributed by atoms with E-state index in [2.05, 4.69) is 16.0 Å². The van der Waals surface area contributed by atoms with Crippen LogP contribution in [0.3, 0.4) is 0 Å². The fraction of sp³-hybridized carbons (Fsp3) is 0.526. The Kier molecular flexibility index (Phi) is 4.92. The van der Waals surface area contributed by atoms with Gasteiger partial charge in [-0.05, 0) is 24.0 Å². The van der Waals surface area contributed by atoms with Gasteiger partial charge in [-0.25, -0.2) is 4.39 Å². The largest absolute Gasteiger partial charge is 0.322 e. The second-order valence-corrected chi connectivity index (χ2v) is 7.42. The molecule has 3 aliphatic rings. The molecule has 27 heavy (non-hydrogen) atoms. The molecule has 1 unspecified atom stereocenters. The van der Waals surface area contributed by atoms with Gasteiger partial charge in [0, 0.05) is 44.2 Å². The molecule has 0 aromatic heterocycles. The number of fused-ring (bicyclic) bond motifs is 1. The van der Waals surface area contributed by atoms with E-state index in [9.17, 15) is 18.8 Å². The molecule has 1 aromatic rings. The van der Waals surface area contributed by atoms with Crippen molar-refractivity contribution in [2.75, 3.05) is 13.1 Å². The van der Waals surface area contributed by atoms with E-state index in [4.69, 9.17) is 0 Å². The maximum absolute atomic E-state index is 13.5.